The first kappa shape index (κ1) is 97.8. The molecule has 120 valence electrons. The van der Waals surface area contributed by atoms with Gasteiger partial charge in [0.1, 0.15) is 0 Å². The van der Waals surface area contributed by atoms with Crippen LogP contribution in [0.4, 0.5) is 0 Å². The molecule has 0 aromatic carbocycles. The second-order valence-electron chi connectivity index (χ2n) is 1.04. The Balaban J connectivity index is -0.00000000638. The Morgan fingerprint density at radius 2 is 0.696 bits per heavy atom. The molecule has 0 aromatic rings. The van der Waals surface area contributed by atoms with Crippen molar-refractivity contribution in [3.8, 4) is 0 Å². The monoisotopic (exact) mass is 486 g/mol. The fourth-order valence-electron chi connectivity index (χ4n) is 0.0962. The molecule has 9 nitrogen and oxygen atoms in total. The molecule has 0 aliphatic rings. The van der Waals surface area contributed by atoms with Crippen LogP contribution in [0.15, 0.2) is 0 Å². The van der Waals surface area contributed by atoms with Gasteiger partial charge in [0.15, 0.2) is 6.29 Å². The normalized spacial score (nSPS) is 3.13. The molecule has 0 spiro atoms. The Bertz CT molecular complexity index is 178. The summed E-state index contributed by atoms with van der Waals surface area (Å²) in [5, 5.41) is 37.5. The van der Waals surface area contributed by atoms with Crippen LogP contribution >= 0.6 is 0 Å². The minimum Gasteiger partial charge on any atom is -1.00 e. The van der Waals surface area contributed by atoms with Crippen molar-refractivity contribution in [2.24, 2.45) is 0 Å². The fraction of sp³-hybridized carbons (Fsp3) is 0.400. The molecular formula is C10H12ClCoN6O3Zn2. The van der Waals surface area contributed by atoms with Crippen LogP contribution < -0.4 is 12.4 Å². The van der Waals surface area contributed by atoms with Crippen molar-refractivity contribution in [1.29, 1.82) is 31.6 Å². The molecule has 2 N–H and O–H groups in total. The zero-order valence-corrected chi connectivity index (χ0v) is 20.4. The van der Waals surface area contributed by atoms with E-state index in [9.17, 15) is 0 Å². The Morgan fingerprint density at radius 1 is 0.609 bits per heavy atom. The van der Waals surface area contributed by atoms with Gasteiger partial charge in [-0.15, -0.1) is 0 Å². The van der Waals surface area contributed by atoms with Crippen LogP contribution in [-0.2, 0) is 65.2 Å². The maximum absolute atomic E-state index is 6.25. The van der Waals surface area contributed by atoms with Crippen molar-refractivity contribution >= 4 is 0 Å². The number of halogens is 1. The second kappa shape index (κ2) is 552. The number of methoxy groups -OCH3 is 2. The number of hydrogen-bond donors (Lipinski definition) is 0. The van der Waals surface area contributed by atoms with E-state index in [0.29, 0.717) is 0 Å². The van der Waals surface area contributed by atoms with Crippen molar-refractivity contribution in [1.82, 2.24) is 0 Å². The molecule has 0 aromatic heterocycles. The van der Waals surface area contributed by atoms with E-state index in [0.717, 1.165) is 0 Å². The van der Waals surface area contributed by atoms with Gasteiger partial charge >= 0.3 is 55.7 Å². The summed E-state index contributed by atoms with van der Waals surface area (Å²) in [6, 6.07) is 0. The zero-order valence-electron chi connectivity index (χ0n) is 12.7. The molecule has 0 amide bonds. The van der Waals surface area contributed by atoms with Gasteiger partial charge in [-0.3, -0.25) is 0 Å². The molecule has 0 radical (unpaired) electrons. The Morgan fingerprint density at radius 3 is 0.696 bits per heavy atom. The van der Waals surface area contributed by atoms with Crippen molar-refractivity contribution in [3.63, 3.8) is 0 Å². The largest absolute Gasteiger partial charge is 3.00 e. The minimum absolute atomic E-state index is 0. The molecule has 23 heavy (non-hydrogen) atoms. The molecule has 13 heteroatoms. The van der Waals surface area contributed by atoms with Gasteiger partial charge in [-0.2, -0.15) is 0 Å². The van der Waals surface area contributed by atoms with E-state index >= 15 is 0 Å². The number of rotatable bonds is 2. The van der Waals surface area contributed by atoms with Gasteiger partial charge in [0.05, 0.1) is 0 Å². The summed E-state index contributed by atoms with van der Waals surface area (Å²) in [7, 11) is 3.21. The summed E-state index contributed by atoms with van der Waals surface area (Å²) in [4.78, 5) is 0. The van der Waals surface area contributed by atoms with Crippen LogP contribution in [0.2, 0.25) is 0 Å². The number of nitrogens with zero attached hydrogens (tertiary/aromatic N) is 6. The first-order valence-corrected chi connectivity index (χ1v) is 3.21. The third-order valence-corrected chi connectivity index (χ3v) is 0.664. The van der Waals surface area contributed by atoms with Crippen molar-refractivity contribution < 1.29 is 83.1 Å². The molecular weight excluding hydrogens is 477 g/mol. The molecule has 0 rings (SSSR count). The quantitative estimate of drug-likeness (QED) is 0.228. The molecule has 0 bridgehead atoms. The van der Waals surface area contributed by atoms with Crippen molar-refractivity contribution in [3.05, 3.63) is 39.4 Å². The first-order chi connectivity index (χ1) is 8.81. The predicted octanol–water partition coefficient (Wildman–Crippen LogP) is -2.62. The third kappa shape index (κ3) is 906. The topological polar surface area (TPSA) is 193 Å². The van der Waals surface area contributed by atoms with E-state index in [1.54, 1.807) is 14.2 Å². The van der Waals surface area contributed by atoms with Crippen LogP contribution in [0.1, 0.15) is 6.92 Å². The van der Waals surface area contributed by atoms with Crippen molar-refractivity contribution in [2.75, 3.05) is 14.2 Å². The number of hydrogen-bond acceptors (Lipinski definition) is 8. The van der Waals surface area contributed by atoms with Crippen LogP contribution in [-0.4, -0.2) is 26.0 Å². The smallest absolute Gasteiger partial charge is 1.00 e. The molecule has 0 saturated heterocycles. The van der Waals surface area contributed by atoms with Gasteiger partial charge in [-0.05, 0) is 6.92 Å². The minimum atomic E-state index is -0.0648. The summed E-state index contributed by atoms with van der Waals surface area (Å²) in [6.45, 7) is 30.3. The average Bonchev–Trinajstić information content (AvgIpc) is 2.57. The van der Waals surface area contributed by atoms with Gasteiger partial charge in [0.25, 0.3) is 0 Å². The van der Waals surface area contributed by atoms with Gasteiger partial charge in [-0.1, -0.05) is 0 Å². The third-order valence-electron chi connectivity index (χ3n) is 0.664. The van der Waals surface area contributed by atoms with E-state index in [-0.39, 0.29) is 79.9 Å². The second-order valence-corrected chi connectivity index (χ2v) is 1.04. The molecule has 0 saturated carbocycles. The van der Waals surface area contributed by atoms with E-state index in [2.05, 4.69) is 9.47 Å². The van der Waals surface area contributed by atoms with Gasteiger partial charge in [0, 0.05) is 14.2 Å². The molecule has 0 atom stereocenters. The Labute approximate surface area is 180 Å². The van der Waals surface area contributed by atoms with Crippen LogP contribution in [0.5, 0.6) is 0 Å². The number of ether oxygens (including phenoxy) is 2. The van der Waals surface area contributed by atoms with Gasteiger partial charge in [0.2, 0.25) is 0 Å². The van der Waals surface area contributed by atoms with Crippen LogP contribution in [0.25, 0.3) is 0 Å². The van der Waals surface area contributed by atoms with Gasteiger partial charge < -0.3 is 98.4 Å². The molecule has 0 heterocycles. The van der Waals surface area contributed by atoms with Crippen LogP contribution in [0, 0.1) is 71.0 Å². The van der Waals surface area contributed by atoms with E-state index in [1.165, 1.54) is 0 Å². The summed E-state index contributed by atoms with van der Waals surface area (Å²) in [5.41, 5.74) is 0. The average molecular weight is 489 g/mol. The molecule has 0 aliphatic heterocycles. The summed E-state index contributed by atoms with van der Waals surface area (Å²) < 4.78 is 9.35. The zero-order chi connectivity index (χ0) is 17.0. The van der Waals surface area contributed by atoms with E-state index in [4.69, 9.17) is 71.0 Å². The van der Waals surface area contributed by atoms with Crippen molar-refractivity contribution in [2.45, 2.75) is 13.2 Å². The SMILES string of the molecule is COC(C)OC.O.[C-]#N.[C-]#N.[C-]#N.[C-]#N.[C-]#N.[C-]#N.[Cl-].[Co+3].[Zn+2].[Zn+2]. The summed E-state index contributed by atoms with van der Waals surface area (Å²) in [6.07, 6.45) is -0.0648. The standard InChI is InChI=1S/C4H10O2.6CN.ClH.Co.H2O.2Zn/c1-4(5-2)6-3;6*1-2;;;;;/h4H,1-3H3;;;;;;;1H;;1H2;;/q;6*-1;;+3;;2*+2/p-1. The maximum atomic E-state index is 6.25. The van der Waals surface area contributed by atoms with Gasteiger partial charge in [-0.25, -0.2) is 0 Å². The predicted molar refractivity (Wildman–Crippen MR) is 56.9 cm³/mol. The molecule has 0 aliphatic carbocycles. The fourth-order valence-corrected chi connectivity index (χ4v) is 0.0962. The Hall–Kier alpha value is -1.14. The summed E-state index contributed by atoms with van der Waals surface area (Å²) >= 11 is 0. The molecule has 0 fully saturated rings. The first-order valence-electron chi connectivity index (χ1n) is 3.21. The van der Waals surface area contributed by atoms with Crippen LogP contribution in [0.3, 0.4) is 0 Å². The van der Waals surface area contributed by atoms with E-state index < -0.39 is 0 Å². The molecule has 0 unspecified atom stereocenters. The summed E-state index contributed by atoms with van der Waals surface area (Å²) in [5.74, 6) is 0. The van der Waals surface area contributed by atoms with E-state index in [1.807, 2.05) is 6.92 Å². The maximum Gasteiger partial charge on any atom is 3.00 e. The Kier molecular flexibility index (Phi) is 2350.